The number of hydrogen-bond donors (Lipinski definition) is 2. The summed E-state index contributed by atoms with van der Waals surface area (Å²) in [5, 5.41) is 11.1. The van der Waals surface area contributed by atoms with Gasteiger partial charge in [-0.2, -0.15) is 0 Å². The Morgan fingerprint density at radius 3 is 2.67 bits per heavy atom. The predicted octanol–water partition coefficient (Wildman–Crippen LogP) is 1.06. The van der Waals surface area contributed by atoms with Crippen molar-refractivity contribution in [3.8, 4) is 0 Å². The molecule has 0 fully saturated rings. The topological polar surface area (TPSA) is 88.4 Å². The van der Waals surface area contributed by atoms with Crippen LogP contribution in [0.15, 0.2) is 23.1 Å². The summed E-state index contributed by atoms with van der Waals surface area (Å²) in [4.78, 5) is 33.1. The van der Waals surface area contributed by atoms with Crippen LogP contribution in [0.5, 0.6) is 0 Å². The Morgan fingerprint density at radius 1 is 1.33 bits per heavy atom. The van der Waals surface area contributed by atoms with Crippen molar-refractivity contribution < 1.29 is 14.7 Å². The van der Waals surface area contributed by atoms with E-state index in [-0.39, 0.29) is 24.3 Å². The monoisotopic (exact) mass is 252 g/mol. The third-order valence-electron chi connectivity index (χ3n) is 2.40. The lowest BCUT2D eigenvalue weighted by Gasteiger charge is -2.07. The SMILES string of the molecule is CCn1cc(NC(=O)CCCC(=O)O)ccc1=O. The van der Waals surface area contributed by atoms with Crippen molar-refractivity contribution in [1.82, 2.24) is 4.57 Å². The van der Waals surface area contributed by atoms with Gasteiger partial charge in [-0.05, 0) is 19.4 Å². The van der Waals surface area contributed by atoms with Crippen molar-refractivity contribution in [2.24, 2.45) is 0 Å². The third kappa shape index (κ3) is 4.40. The summed E-state index contributed by atoms with van der Waals surface area (Å²) in [6.07, 6.45) is 1.99. The van der Waals surface area contributed by atoms with Crippen LogP contribution in [-0.2, 0) is 16.1 Å². The maximum Gasteiger partial charge on any atom is 0.303 e. The lowest BCUT2D eigenvalue weighted by atomic mass is 10.2. The van der Waals surface area contributed by atoms with Crippen LogP contribution < -0.4 is 10.9 Å². The highest BCUT2D eigenvalue weighted by Gasteiger charge is 2.05. The van der Waals surface area contributed by atoms with E-state index in [9.17, 15) is 14.4 Å². The second-order valence-electron chi connectivity index (χ2n) is 3.84. The van der Waals surface area contributed by atoms with Gasteiger partial charge in [0.2, 0.25) is 5.91 Å². The number of aliphatic carboxylic acids is 1. The number of hydrogen-bond acceptors (Lipinski definition) is 3. The van der Waals surface area contributed by atoms with E-state index in [1.54, 1.807) is 6.20 Å². The Bertz CT molecular complexity index is 493. The lowest BCUT2D eigenvalue weighted by Crippen LogP contribution is -2.19. The molecule has 1 heterocycles. The second kappa shape index (κ2) is 6.58. The fourth-order valence-electron chi connectivity index (χ4n) is 1.48. The summed E-state index contributed by atoms with van der Waals surface area (Å²) in [6, 6.07) is 2.92. The molecule has 1 rings (SSSR count). The Labute approximate surface area is 104 Å². The summed E-state index contributed by atoms with van der Waals surface area (Å²) < 4.78 is 1.48. The maximum atomic E-state index is 11.5. The zero-order valence-corrected chi connectivity index (χ0v) is 10.2. The average molecular weight is 252 g/mol. The van der Waals surface area contributed by atoms with Crippen LogP contribution in [0.4, 0.5) is 5.69 Å². The summed E-state index contributed by atoms with van der Waals surface area (Å²) in [5.41, 5.74) is 0.415. The number of carbonyl (C=O) groups is 2. The van der Waals surface area contributed by atoms with Gasteiger partial charge in [-0.3, -0.25) is 14.4 Å². The number of anilines is 1. The molecule has 6 nitrogen and oxygen atoms in total. The summed E-state index contributed by atoms with van der Waals surface area (Å²) >= 11 is 0. The van der Waals surface area contributed by atoms with Gasteiger partial charge < -0.3 is 15.0 Å². The Hall–Kier alpha value is -2.11. The number of nitrogens with one attached hydrogen (secondary N) is 1. The minimum atomic E-state index is -0.915. The Balaban J connectivity index is 2.54. The van der Waals surface area contributed by atoms with Crippen molar-refractivity contribution in [1.29, 1.82) is 0 Å². The minimum Gasteiger partial charge on any atom is -0.481 e. The van der Waals surface area contributed by atoms with Crippen LogP contribution in [0.25, 0.3) is 0 Å². The quantitative estimate of drug-likeness (QED) is 0.792. The van der Waals surface area contributed by atoms with Crippen LogP contribution in [0.3, 0.4) is 0 Å². The summed E-state index contributed by atoms with van der Waals surface area (Å²) in [6.45, 7) is 2.36. The van der Waals surface area contributed by atoms with Crippen LogP contribution in [0.1, 0.15) is 26.2 Å². The molecule has 18 heavy (non-hydrogen) atoms. The van der Waals surface area contributed by atoms with Gasteiger partial charge in [0.25, 0.3) is 5.56 Å². The third-order valence-corrected chi connectivity index (χ3v) is 2.40. The number of aromatic nitrogens is 1. The van der Waals surface area contributed by atoms with E-state index in [4.69, 9.17) is 5.11 Å². The van der Waals surface area contributed by atoms with Gasteiger partial charge in [0.1, 0.15) is 0 Å². The Morgan fingerprint density at radius 2 is 2.06 bits per heavy atom. The molecular weight excluding hydrogens is 236 g/mol. The zero-order chi connectivity index (χ0) is 13.5. The summed E-state index contributed by atoms with van der Waals surface area (Å²) in [7, 11) is 0. The molecule has 6 heteroatoms. The highest BCUT2D eigenvalue weighted by atomic mass is 16.4. The number of carboxylic acids is 1. The van der Waals surface area contributed by atoms with E-state index in [0.717, 1.165) is 0 Å². The van der Waals surface area contributed by atoms with E-state index in [2.05, 4.69) is 5.32 Å². The van der Waals surface area contributed by atoms with Crippen LogP contribution >= 0.6 is 0 Å². The Kier molecular flexibility index (Phi) is 5.10. The van der Waals surface area contributed by atoms with Gasteiger partial charge in [0.15, 0.2) is 0 Å². The van der Waals surface area contributed by atoms with E-state index in [1.807, 2.05) is 6.92 Å². The fraction of sp³-hybridized carbons (Fsp3) is 0.417. The molecule has 0 aliphatic carbocycles. The van der Waals surface area contributed by atoms with Gasteiger partial charge in [0, 0.05) is 31.6 Å². The second-order valence-corrected chi connectivity index (χ2v) is 3.84. The van der Waals surface area contributed by atoms with Crippen LogP contribution in [0.2, 0.25) is 0 Å². The molecule has 0 bridgehead atoms. The molecule has 0 radical (unpaired) electrons. The fourth-order valence-corrected chi connectivity index (χ4v) is 1.48. The molecule has 0 saturated carbocycles. The zero-order valence-electron chi connectivity index (χ0n) is 10.2. The number of carboxylic acid groups (broad SMARTS) is 1. The molecule has 1 aromatic rings. The minimum absolute atomic E-state index is 0.0259. The van der Waals surface area contributed by atoms with E-state index >= 15 is 0 Å². The smallest absolute Gasteiger partial charge is 0.303 e. The molecule has 0 aliphatic heterocycles. The first kappa shape index (κ1) is 14.0. The molecule has 0 atom stereocenters. The maximum absolute atomic E-state index is 11.5. The molecule has 98 valence electrons. The van der Waals surface area contributed by atoms with Gasteiger partial charge in [-0.25, -0.2) is 0 Å². The molecule has 0 spiro atoms. The normalized spacial score (nSPS) is 10.1. The van der Waals surface area contributed by atoms with Crippen molar-refractivity contribution in [3.05, 3.63) is 28.7 Å². The van der Waals surface area contributed by atoms with Gasteiger partial charge >= 0.3 is 5.97 Å². The molecule has 0 aliphatic rings. The highest BCUT2D eigenvalue weighted by molar-refractivity contribution is 5.90. The molecule has 0 unspecified atom stereocenters. The first-order valence-electron chi connectivity index (χ1n) is 5.75. The van der Waals surface area contributed by atoms with E-state index < -0.39 is 5.97 Å². The number of nitrogens with zero attached hydrogens (tertiary/aromatic N) is 1. The van der Waals surface area contributed by atoms with Crippen molar-refractivity contribution >= 4 is 17.6 Å². The van der Waals surface area contributed by atoms with Gasteiger partial charge in [-0.1, -0.05) is 0 Å². The van der Waals surface area contributed by atoms with Crippen molar-refractivity contribution in [2.75, 3.05) is 5.32 Å². The standard InChI is InChI=1S/C12H16N2O4/c1-2-14-8-9(6-7-11(14)16)13-10(15)4-3-5-12(17)18/h6-8H,2-5H2,1H3,(H,13,15)(H,17,18). The first-order chi connectivity index (χ1) is 8.52. The van der Waals surface area contributed by atoms with Crippen LogP contribution in [-0.4, -0.2) is 21.6 Å². The van der Waals surface area contributed by atoms with E-state index in [0.29, 0.717) is 18.7 Å². The highest BCUT2D eigenvalue weighted by Crippen LogP contribution is 2.05. The van der Waals surface area contributed by atoms with E-state index in [1.165, 1.54) is 16.7 Å². The number of rotatable bonds is 6. The molecule has 2 N–H and O–H groups in total. The molecule has 0 aromatic carbocycles. The van der Waals surface area contributed by atoms with Gasteiger partial charge in [0.05, 0.1) is 5.69 Å². The number of pyridine rings is 1. The predicted molar refractivity (Wildman–Crippen MR) is 66.5 cm³/mol. The van der Waals surface area contributed by atoms with Crippen molar-refractivity contribution in [2.45, 2.75) is 32.7 Å². The molecular formula is C12H16N2O4. The average Bonchev–Trinajstić information content (AvgIpc) is 2.31. The first-order valence-corrected chi connectivity index (χ1v) is 5.75. The molecule has 1 aromatic heterocycles. The molecule has 1 amide bonds. The molecule has 0 saturated heterocycles. The van der Waals surface area contributed by atoms with Crippen LogP contribution in [0, 0.1) is 0 Å². The summed E-state index contributed by atoms with van der Waals surface area (Å²) in [5.74, 6) is -1.17. The van der Waals surface area contributed by atoms with Gasteiger partial charge in [-0.15, -0.1) is 0 Å². The lowest BCUT2D eigenvalue weighted by molar-refractivity contribution is -0.137. The van der Waals surface area contributed by atoms with Crippen molar-refractivity contribution in [3.63, 3.8) is 0 Å². The number of aryl methyl sites for hydroxylation is 1. The number of carbonyl (C=O) groups excluding carboxylic acids is 1. The number of amides is 1. The largest absolute Gasteiger partial charge is 0.481 e.